The summed E-state index contributed by atoms with van der Waals surface area (Å²) in [5.74, 6) is -0.722. The van der Waals surface area contributed by atoms with E-state index in [4.69, 9.17) is 4.74 Å². The normalized spacial score (nSPS) is 18.4. The van der Waals surface area contributed by atoms with Crippen LogP contribution in [0.25, 0.3) is 11.6 Å². The summed E-state index contributed by atoms with van der Waals surface area (Å²) in [4.78, 5) is 47.0. The Kier molecular flexibility index (Phi) is 6.28. The SMILES string of the molecule is CCOC(=O)C1=C(C)N=c2sc(=C3C(=O)N(CC)c4ccccc43)c(=O)n2C1C=Cc1ccccc1. The van der Waals surface area contributed by atoms with Gasteiger partial charge in [0.05, 0.1) is 35.2 Å². The van der Waals surface area contributed by atoms with Crippen LogP contribution in [0.5, 0.6) is 0 Å². The van der Waals surface area contributed by atoms with Gasteiger partial charge in [-0.15, -0.1) is 0 Å². The maximum absolute atomic E-state index is 13.9. The number of allylic oxidation sites excluding steroid dienone is 2. The molecule has 5 rings (SSSR count). The number of hydrogen-bond donors (Lipinski definition) is 0. The molecular formula is C28H25N3O4S. The van der Waals surface area contributed by atoms with Crippen molar-refractivity contribution >= 4 is 40.5 Å². The van der Waals surface area contributed by atoms with E-state index >= 15 is 0 Å². The predicted molar refractivity (Wildman–Crippen MR) is 140 cm³/mol. The summed E-state index contributed by atoms with van der Waals surface area (Å²) < 4.78 is 7.13. The number of ether oxygens (including phenoxy) is 1. The molecule has 0 N–H and O–H groups in total. The van der Waals surface area contributed by atoms with E-state index in [9.17, 15) is 14.4 Å². The quantitative estimate of drug-likeness (QED) is 0.505. The van der Waals surface area contributed by atoms with Gasteiger partial charge in [-0.1, -0.05) is 72.0 Å². The zero-order valence-electron chi connectivity index (χ0n) is 20.2. The van der Waals surface area contributed by atoms with Gasteiger partial charge in [-0.3, -0.25) is 14.2 Å². The Balaban J connectivity index is 1.76. The van der Waals surface area contributed by atoms with E-state index in [1.54, 1.807) is 18.7 Å². The lowest BCUT2D eigenvalue weighted by Crippen LogP contribution is -2.40. The summed E-state index contributed by atoms with van der Waals surface area (Å²) in [7, 11) is 0. The smallest absolute Gasteiger partial charge is 0.338 e. The van der Waals surface area contributed by atoms with E-state index < -0.39 is 12.0 Å². The minimum atomic E-state index is -0.719. The molecular weight excluding hydrogens is 474 g/mol. The maximum atomic E-state index is 13.9. The van der Waals surface area contributed by atoms with Crippen LogP contribution in [-0.4, -0.2) is 29.6 Å². The van der Waals surface area contributed by atoms with Crippen LogP contribution in [0.2, 0.25) is 0 Å². The summed E-state index contributed by atoms with van der Waals surface area (Å²) in [6, 6.07) is 16.4. The summed E-state index contributed by atoms with van der Waals surface area (Å²) in [6.45, 7) is 6.08. The van der Waals surface area contributed by atoms with Gasteiger partial charge in [0.15, 0.2) is 4.80 Å². The average Bonchev–Trinajstić information content (AvgIpc) is 3.34. The molecule has 1 aromatic heterocycles. The number of para-hydroxylation sites is 1. The Morgan fingerprint density at radius 3 is 2.53 bits per heavy atom. The summed E-state index contributed by atoms with van der Waals surface area (Å²) in [6.07, 6.45) is 3.69. The summed E-state index contributed by atoms with van der Waals surface area (Å²) >= 11 is 1.17. The fourth-order valence-corrected chi connectivity index (χ4v) is 5.79. The Morgan fingerprint density at radius 2 is 1.81 bits per heavy atom. The van der Waals surface area contributed by atoms with Gasteiger partial charge in [0.2, 0.25) is 0 Å². The molecule has 0 saturated carbocycles. The molecule has 2 aliphatic heterocycles. The second kappa shape index (κ2) is 9.54. The Bertz CT molecular complexity index is 1610. The van der Waals surface area contributed by atoms with Gasteiger partial charge in [0.1, 0.15) is 4.53 Å². The second-order valence-electron chi connectivity index (χ2n) is 8.38. The van der Waals surface area contributed by atoms with Crippen LogP contribution in [0.1, 0.15) is 37.9 Å². The lowest BCUT2D eigenvalue weighted by Gasteiger charge is -2.21. The molecule has 182 valence electrons. The minimum absolute atomic E-state index is 0.206. The molecule has 1 amide bonds. The minimum Gasteiger partial charge on any atom is -0.463 e. The first-order valence-corrected chi connectivity index (χ1v) is 12.6. The lowest BCUT2D eigenvalue weighted by molar-refractivity contribution is -0.139. The van der Waals surface area contributed by atoms with Crippen LogP contribution in [0, 0.1) is 0 Å². The van der Waals surface area contributed by atoms with Gasteiger partial charge in [-0.2, -0.15) is 0 Å². The van der Waals surface area contributed by atoms with Crippen molar-refractivity contribution in [2.45, 2.75) is 26.8 Å². The molecule has 0 saturated heterocycles. The molecule has 0 aliphatic carbocycles. The molecule has 1 unspecified atom stereocenters. The zero-order chi connectivity index (χ0) is 25.4. The highest BCUT2D eigenvalue weighted by Gasteiger charge is 2.35. The number of aromatic nitrogens is 1. The van der Waals surface area contributed by atoms with Crippen LogP contribution in [-0.2, 0) is 14.3 Å². The number of thiazole rings is 1. The van der Waals surface area contributed by atoms with Crippen molar-refractivity contribution in [1.29, 1.82) is 0 Å². The highest BCUT2D eigenvalue weighted by atomic mass is 32.1. The molecule has 7 nitrogen and oxygen atoms in total. The molecule has 36 heavy (non-hydrogen) atoms. The average molecular weight is 500 g/mol. The van der Waals surface area contributed by atoms with Crippen molar-refractivity contribution < 1.29 is 14.3 Å². The van der Waals surface area contributed by atoms with Gasteiger partial charge in [0.25, 0.3) is 11.5 Å². The Labute approximate surface area is 212 Å². The third-order valence-electron chi connectivity index (χ3n) is 6.27. The summed E-state index contributed by atoms with van der Waals surface area (Å²) in [5, 5.41) is 0. The van der Waals surface area contributed by atoms with Gasteiger partial charge < -0.3 is 9.64 Å². The Morgan fingerprint density at radius 1 is 1.08 bits per heavy atom. The van der Waals surface area contributed by atoms with E-state index in [0.29, 0.717) is 32.7 Å². The third-order valence-corrected chi connectivity index (χ3v) is 7.33. The number of nitrogens with zero attached hydrogens (tertiary/aromatic N) is 3. The van der Waals surface area contributed by atoms with Crippen LogP contribution < -0.4 is 19.8 Å². The zero-order valence-corrected chi connectivity index (χ0v) is 21.0. The topological polar surface area (TPSA) is 81.0 Å². The molecule has 3 heterocycles. The number of carbonyl (C=O) groups excluding carboxylic acids is 2. The first-order chi connectivity index (χ1) is 17.5. The highest BCUT2D eigenvalue weighted by molar-refractivity contribution is 7.07. The van der Waals surface area contributed by atoms with E-state index in [2.05, 4.69) is 4.99 Å². The van der Waals surface area contributed by atoms with E-state index in [-0.39, 0.29) is 18.1 Å². The van der Waals surface area contributed by atoms with E-state index in [1.165, 1.54) is 15.9 Å². The molecule has 1 atom stereocenters. The number of amides is 1. The standard InChI is InChI=1S/C28H25N3O4S/c1-4-30-20-14-10-9-13-19(20)23(25(30)32)24-26(33)31-21(16-15-18-11-7-6-8-12-18)22(27(34)35-5-2)17(3)29-28(31)36-24/h6-16,21H,4-5H2,1-3H3. The van der Waals surface area contributed by atoms with Crippen LogP contribution in [0.4, 0.5) is 5.69 Å². The number of hydrogen-bond acceptors (Lipinski definition) is 6. The van der Waals surface area contributed by atoms with Gasteiger partial charge in [-0.05, 0) is 32.4 Å². The summed E-state index contributed by atoms with van der Waals surface area (Å²) in [5.41, 5.74) is 3.26. The maximum Gasteiger partial charge on any atom is 0.338 e. The second-order valence-corrected chi connectivity index (χ2v) is 9.35. The number of rotatable bonds is 5. The Hall–Kier alpha value is -4.04. The first-order valence-electron chi connectivity index (χ1n) is 11.8. The van der Waals surface area contributed by atoms with Crippen LogP contribution >= 0.6 is 11.3 Å². The largest absolute Gasteiger partial charge is 0.463 e. The van der Waals surface area contributed by atoms with Crippen molar-refractivity contribution in [3.05, 3.63) is 103 Å². The molecule has 0 fully saturated rings. The monoisotopic (exact) mass is 499 g/mol. The third kappa shape index (κ3) is 3.83. The highest BCUT2D eigenvalue weighted by Crippen LogP contribution is 2.35. The molecule has 0 radical (unpaired) electrons. The van der Waals surface area contributed by atoms with Crippen LogP contribution in [0.3, 0.4) is 0 Å². The number of esters is 1. The van der Waals surface area contributed by atoms with E-state index in [1.807, 2.05) is 73.7 Å². The number of carbonyl (C=O) groups is 2. The van der Waals surface area contributed by atoms with Crippen molar-refractivity contribution in [1.82, 2.24) is 4.57 Å². The fraction of sp³-hybridized carbons (Fsp3) is 0.214. The molecule has 8 heteroatoms. The number of likely N-dealkylation sites (N-methyl/N-ethyl adjacent to an activating group) is 1. The predicted octanol–water partition coefficient (Wildman–Crippen LogP) is 3.20. The molecule has 0 spiro atoms. The van der Waals surface area contributed by atoms with E-state index in [0.717, 1.165) is 16.8 Å². The first kappa shape index (κ1) is 23.7. The van der Waals surface area contributed by atoms with Crippen molar-refractivity contribution in [3.8, 4) is 0 Å². The fourth-order valence-electron chi connectivity index (χ4n) is 4.65. The molecule has 0 bridgehead atoms. The lowest BCUT2D eigenvalue weighted by atomic mass is 10.0. The van der Waals surface area contributed by atoms with Gasteiger partial charge in [-0.25, -0.2) is 9.79 Å². The van der Waals surface area contributed by atoms with Crippen molar-refractivity contribution in [2.24, 2.45) is 4.99 Å². The molecule has 2 aliphatic rings. The number of fused-ring (bicyclic) bond motifs is 2. The van der Waals surface area contributed by atoms with Crippen LogP contribution in [0.15, 0.2) is 81.7 Å². The number of anilines is 1. The molecule has 3 aromatic rings. The molecule has 2 aromatic carbocycles. The van der Waals surface area contributed by atoms with Crippen molar-refractivity contribution in [2.75, 3.05) is 18.1 Å². The number of benzene rings is 2. The van der Waals surface area contributed by atoms with Gasteiger partial charge >= 0.3 is 5.97 Å². The van der Waals surface area contributed by atoms with Crippen molar-refractivity contribution in [3.63, 3.8) is 0 Å². The van der Waals surface area contributed by atoms with Gasteiger partial charge in [0, 0.05) is 12.1 Å².